The van der Waals surface area contributed by atoms with Crippen molar-refractivity contribution < 1.29 is 9.47 Å². The second kappa shape index (κ2) is 3.06. The molecule has 1 atom stereocenters. The van der Waals surface area contributed by atoms with Crippen LogP contribution >= 0.6 is 0 Å². The third-order valence-electron chi connectivity index (χ3n) is 1.93. The van der Waals surface area contributed by atoms with Gasteiger partial charge in [-0.15, -0.1) is 0 Å². The molecule has 0 bridgehead atoms. The van der Waals surface area contributed by atoms with Gasteiger partial charge in [-0.1, -0.05) is 0 Å². The molecule has 2 nitrogen and oxygen atoms in total. The first-order chi connectivity index (χ1) is 4.74. The van der Waals surface area contributed by atoms with Gasteiger partial charge in [-0.3, -0.25) is 0 Å². The summed E-state index contributed by atoms with van der Waals surface area (Å²) in [5, 5.41) is 0. The Hall–Kier alpha value is -0.500. The second-order valence-corrected chi connectivity index (χ2v) is 2.66. The summed E-state index contributed by atoms with van der Waals surface area (Å²) < 4.78 is 10.5. The van der Waals surface area contributed by atoms with Crippen molar-refractivity contribution in [2.75, 3.05) is 7.11 Å². The molecule has 0 aliphatic carbocycles. The molecule has 1 rings (SSSR count). The van der Waals surface area contributed by atoms with Crippen LogP contribution in [0.5, 0.6) is 0 Å². The molecule has 2 heteroatoms. The van der Waals surface area contributed by atoms with Crippen molar-refractivity contribution >= 4 is 0 Å². The molecule has 1 heterocycles. The topological polar surface area (TPSA) is 18.5 Å². The average molecular weight is 142 g/mol. The van der Waals surface area contributed by atoms with E-state index in [0.717, 1.165) is 18.6 Å². The summed E-state index contributed by atoms with van der Waals surface area (Å²) in [5.41, 5.74) is 1.34. The van der Waals surface area contributed by atoms with E-state index in [-0.39, 0.29) is 6.29 Å². The lowest BCUT2D eigenvalue weighted by molar-refractivity contribution is -0.106. The number of methoxy groups -OCH3 is 1. The molecular formula is C8H14O2. The Balaban J connectivity index is 2.54. The van der Waals surface area contributed by atoms with E-state index in [9.17, 15) is 0 Å². The van der Waals surface area contributed by atoms with Gasteiger partial charge in [0.05, 0.1) is 5.76 Å². The number of hydrogen-bond acceptors (Lipinski definition) is 2. The third kappa shape index (κ3) is 1.51. The van der Waals surface area contributed by atoms with Gasteiger partial charge in [0.1, 0.15) is 0 Å². The van der Waals surface area contributed by atoms with Crippen molar-refractivity contribution in [3.63, 3.8) is 0 Å². The summed E-state index contributed by atoms with van der Waals surface area (Å²) in [6, 6.07) is 0. The zero-order valence-corrected chi connectivity index (χ0v) is 6.81. The Morgan fingerprint density at radius 2 is 2.20 bits per heavy atom. The first-order valence-corrected chi connectivity index (χ1v) is 3.60. The summed E-state index contributed by atoms with van der Waals surface area (Å²) in [6.07, 6.45) is 2.08. The maximum absolute atomic E-state index is 5.41. The second-order valence-electron chi connectivity index (χ2n) is 2.66. The van der Waals surface area contributed by atoms with E-state index in [1.807, 2.05) is 6.92 Å². The lowest BCUT2D eigenvalue weighted by Crippen LogP contribution is -2.18. The number of hydrogen-bond donors (Lipinski definition) is 0. The number of rotatable bonds is 1. The van der Waals surface area contributed by atoms with Gasteiger partial charge >= 0.3 is 0 Å². The van der Waals surface area contributed by atoms with Gasteiger partial charge in [0.25, 0.3) is 0 Å². The standard InChI is InChI=1S/C8H14O2/c1-6-4-5-8(9-3)10-7(6)2/h8H,4-5H2,1-3H3. The molecule has 0 amide bonds. The molecule has 0 aromatic heterocycles. The van der Waals surface area contributed by atoms with Gasteiger partial charge in [0.2, 0.25) is 0 Å². The fourth-order valence-electron chi connectivity index (χ4n) is 1.03. The van der Waals surface area contributed by atoms with Crippen LogP contribution in [0.3, 0.4) is 0 Å². The first kappa shape index (κ1) is 7.61. The van der Waals surface area contributed by atoms with Crippen LogP contribution in [0.25, 0.3) is 0 Å². The minimum atomic E-state index is -0.0105. The number of allylic oxidation sites excluding steroid dienone is 2. The highest BCUT2D eigenvalue weighted by molar-refractivity contribution is 5.05. The van der Waals surface area contributed by atoms with E-state index >= 15 is 0 Å². The van der Waals surface area contributed by atoms with Gasteiger partial charge in [-0.05, 0) is 25.8 Å². The van der Waals surface area contributed by atoms with E-state index in [4.69, 9.17) is 9.47 Å². The lowest BCUT2D eigenvalue weighted by atomic mass is 10.1. The Bertz CT molecular complexity index is 149. The molecule has 0 radical (unpaired) electrons. The van der Waals surface area contributed by atoms with Crippen molar-refractivity contribution in [1.29, 1.82) is 0 Å². The van der Waals surface area contributed by atoms with Crippen LogP contribution in [0.4, 0.5) is 0 Å². The predicted octanol–water partition coefficient (Wildman–Crippen LogP) is 2.06. The molecule has 1 unspecified atom stereocenters. The van der Waals surface area contributed by atoms with E-state index in [0.29, 0.717) is 0 Å². The normalized spacial score (nSPS) is 26.5. The molecule has 0 fully saturated rings. The maximum atomic E-state index is 5.41. The fourth-order valence-corrected chi connectivity index (χ4v) is 1.03. The van der Waals surface area contributed by atoms with Gasteiger partial charge in [0.15, 0.2) is 6.29 Å². The van der Waals surface area contributed by atoms with Crippen LogP contribution in [-0.2, 0) is 9.47 Å². The molecular weight excluding hydrogens is 128 g/mol. The highest BCUT2D eigenvalue weighted by Crippen LogP contribution is 2.22. The van der Waals surface area contributed by atoms with E-state index in [1.54, 1.807) is 7.11 Å². The predicted molar refractivity (Wildman–Crippen MR) is 39.5 cm³/mol. The molecule has 1 aliphatic rings. The Labute approximate surface area is 61.8 Å². The largest absolute Gasteiger partial charge is 0.470 e. The van der Waals surface area contributed by atoms with Gasteiger partial charge in [0, 0.05) is 13.5 Å². The highest BCUT2D eigenvalue weighted by Gasteiger charge is 2.15. The Kier molecular flexibility index (Phi) is 2.33. The molecule has 0 saturated heterocycles. The smallest absolute Gasteiger partial charge is 0.199 e. The van der Waals surface area contributed by atoms with E-state index in [2.05, 4.69) is 6.92 Å². The molecule has 10 heavy (non-hydrogen) atoms. The monoisotopic (exact) mass is 142 g/mol. The highest BCUT2D eigenvalue weighted by atomic mass is 16.7. The van der Waals surface area contributed by atoms with Crippen LogP contribution in [-0.4, -0.2) is 13.4 Å². The lowest BCUT2D eigenvalue weighted by Gasteiger charge is -2.24. The van der Waals surface area contributed by atoms with Crippen molar-refractivity contribution in [2.45, 2.75) is 33.0 Å². The zero-order valence-electron chi connectivity index (χ0n) is 6.81. The van der Waals surface area contributed by atoms with Crippen LogP contribution < -0.4 is 0 Å². The van der Waals surface area contributed by atoms with E-state index < -0.39 is 0 Å². The average Bonchev–Trinajstić information content (AvgIpc) is 1.95. The van der Waals surface area contributed by atoms with Crippen molar-refractivity contribution in [2.24, 2.45) is 0 Å². The van der Waals surface area contributed by atoms with Gasteiger partial charge < -0.3 is 9.47 Å². The zero-order chi connectivity index (χ0) is 7.56. The molecule has 0 aromatic rings. The minimum absolute atomic E-state index is 0.0105. The Morgan fingerprint density at radius 1 is 1.50 bits per heavy atom. The van der Waals surface area contributed by atoms with Gasteiger partial charge in [-0.25, -0.2) is 0 Å². The van der Waals surface area contributed by atoms with Crippen molar-refractivity contribution in [3.05, 3.63) is 11.3 Å². The Morgan fingerprint density at radius 3 is 2.70 bits per heavy atom. The number of ether oxygens (including phenoxy) is 2. The fraction of sp³-hybridized carbons (Fsp3) is 0.750. The van der Waals surface area contributed by atoms with Crippen LogP contribution in [0.1, 0.15) is 26.7 Å². The van der Waals surface area contributed by atoms with Crippen molar-refractivity contribution in [1.82, 2.24) is 0 Å². The summed E-state index contributed by atoms with van der Waals surface area (Å²) in [6.45, 7) is 4.09. The molecule has 0 saturated carbocycles. The minimum Gasteiger partial charge on any atom is -0.470 e. The third-order valence-corrected chi connectivity index (χ3v) is 1.93. The SMILES string of the molecule is COC1CCC(C)=C(C)O1. The van der Waals surface area contributed by atoms with Crippen LogP contribution in [0.15, 0.2) is 11.3 Å². The maximum Gasteiger partial charge on any atom is 0.199 e. The van der Waals surface area contributed by atoms with Crippen LogP contribution in [0, 0.1) is 0 Å². The molecule has 58 valence electrons. The van der Waals surface area contributed by atoms with Crippen molar-refractivity contribution in [3.8, 4) is 0 Å². The summed E-state index contributed by atoms with van der Waals surface area (Å²) in [7, 11) is 1.68. The van der Waals surface area contributed by atoms with Gasteiger partial charge in [-0.2, -0.15) is 0 Å². The van der Waals surface area contributed by atoms with E-state index in [1.165, 1.54) is 5.57 Å². The summed E-state index contributed by atoms with van der Waals surface area (Å²) in [4.78, 5) is 0. The summed E-state index contributed by atoms with van der Waals surface area (Å²) in [5.74, 6) is 1.03. The first-order valence-electron chi connectivity index (χ1n) is 3.60. The summed E-state index contributed by atoms with van der Waals surface area (Å²) >= 11 is 0. The van der Waals surface area contributed by atoms with Crippen LogP contribution in [0.2, 0.25) is 0 Å². The molecule has 0 aromatic carbocycles. The molecule has 0 N–H and O–H groups in total. The molecule has 0 spiro atoms. The quantitative estimate of drug-likeness (QED) is 0.558. The molecule has 1 aliphatic heterocycles.